The summed E-state index contributed by atoms with van der Waals surface area (Å²) in [5, 5.41) is 10.0. The van der Waals surface area contributed by atoms with Gasteiger partial charge >= 0.3 is 5.97 Å². The first-order chi connectivity index (χ1) is 7.24. The lowest BCUT2D eigenvalue weighted by atomic mass is 10.1. The number of fused-ring (bicyclic) bond motifs is 1. The largest absolute Gasteiger partial charge is 0.477 e. The average Bonchev–Trinajstić information content (AvgIpc) is 2.58. The second-order valence-electron chi connectivity index (χ2n) is 3.14. The van der Waals surface area contributed by atoms with Crippen LogP contribution in [0.2, 0.25) is 0 Å². The van der Waals surface area contributed by atoms with Crippen LogP contribution in [0.1, 0.15) is 15.2 Å². The van der Waals surface area contributed by atoms with Crippen LogP contribution in [-0.2, 0) is 11.3 Å². The maximum atomic E-state index is 11.0. The molecule has 0 spiro atoms. The number of aromatic carboxylic acids is 1. The summed E-state index contributed by atoms with van der Waals surface area (Å²) in [6.07, 6.45) is 0. The molecule has 1 N–H and O–H groups in total. The minimum absolute atomic E-state index is 0.339. The van der Waals surface area contributed by atoms with Crippen LogP contribution in [0.25, 0.3) is 10.1 Å². The van der Waals surface area contributed by atoms with Crippen LogP contribution >= 0.6 is 11.3 Å². The second-order valence-corrected chi connectivity index (χ2v) is 4.20. The van der Waals surface area contributed by atoms with Gasteiger partial charge in [0.1, 0.15) is 4.88 Å². The van der Waals surface area contributed by atoms with E-state index >= 15 is 0 Å². The summed E-state index contributed by atoms with van der Waals surface area (Å²) in [7, 11) is 1.57. The lowest BCUT2D eigenvalue weighted by Gasteiger charge is -1.99. The number of hydrogen-bond donors (Lipinski definition) is 1. The first-order valence-electron chi connectivity index (χ1n) is 4.46. The topological polar surface area (TPSA) is 46.5 Å². The van der Waals surface area contributed by atoms with Gasteiger partial charge in [-0.1, -0.05) is 18.2 Å². The molecule has 0 aliphatic carbocycles. The SMILES string of the molecule is COCc1c(C(=O)O)sc2ccccc12. The molecule has 0 radical (unpaired) electrons. The molecule has 4 heteroatoms. The van der Waals surface area contributed by atoms with Gasteiger partial charge in [-0.15, -0.1) is 11.3 Å². The van der Waals surface area contributed by atoms with Gasteiger partial charge in [0.2, 0.25) is 0 Å². The Hall–Kier alpha value is -1.39. The molecule has 0 fully saturated rings. The Morgan fingerprint density at radius 1 is 1.47 bits per heavy atom. The molecule has 0 aliphatic rings. The molecule has 15 heavy (non-hydrogen) atoms. The Kier molecular flexibility index (Phi) is 2.70. The number of rotatable bonds is 3. The van der Waals surface area contributed by atoms with Crippen LogP contribution in [0.5, 0.6) is 0 Å². The number of methoxy groups -OCH3 is 1. The van der Waals surface area contributed by atoms with Crippen molar-refractivity contribution in [2.45, 2.75) is 6.61 Å². The lowest BCUT2D eigenvalue weighted by Crippen LogP contribution is -1.98. The molecule has 3 nitrogen and oxygen atoms in total. The molecule has 2 aromatic rings. The van der Waals surface area contributed by atoms with Crippen molar-refractivity contribution in [1.82, 2.24) is 0 Å². The van der Waals surface area contributed by atoms with Gasteiger partial charge in [-0.3, -0.25) is 0 Å². The van der Waals surface area contributed by atoms with Crippen LogP contribution in [0.3, 0.4) is 0 Å². The molecule has 0 amide bonds. The minimum atomic E-state index is -0.886. The molecule has 2 rings (SSSR count). The maximum absolute atomic E-state index is 11.0. The molecule has 0 atom stereocenters. The van der Waals surface area contributed by atoms with Crippen molar-refractivity contribution in [3.8, 4) is 0 Å². The lowest BCUT2D eigenvalue weighted by molar-refractivity contribution is 0.0698. The summed E-state index contributed by atoms with van der Waals surface area (Å²) in [5.74, 6) is -0.886. The number of hydrogen-bond acceptors (Lipinski definition) is 3. The van der Waals surface area contributed by atoms with Crippen molar-refractivity contribution in [3.63, 3.8) is 0 Å². The highest BCUT2D eigenvalue weighted by Gasteiger charge is 2.16. The third kappa shape index (κ3) is 1.73. The number of carbonyl (C=O) groups is 1. The number of carboxylic acids is 1. The van der Waals surface area contributed by atoms with Crippen molar-refractivity contribution < 1.29 is 14.6 Å². The highest BCUT2D eigenvalue weighted by Crippen LogP contribution is 2.31. The van der Waals surface area contributed by atoms with Gasteiger partial charge in [-0.2, -0.15) is 0 Å². The van der Waals surface area contributed by atoms with Gasteiger partial charge in [0.05, 0.1) is 6.61 Å². The van der Waals surface area contributed by atoms with Crippen LogP contribution < -0.4 is 0 Å². The Bertz CT molecular complexity index is 502. The van der Waals surface area contributed by atoms with E-state index in [9.17, 15) is 4.79 Å². The first-order valence-corrected chi connectivity index (χ1v) is 5.28. The van der Waals surface area contributed by atoms with Crippen molar-refractivity contribution in [2.24, 2.45) is 0 Å². The van der Waals surface area contributed by atoms with E-state index in [1.807, 2.05) is 24.3 Å². The van der Waals surface area contributed by atoms with E-state index in [1.165, 1.54) is 11.3 Å². The van der Waals surface area contributed by atoms with Crippen LogP contribution in [0, 0.1) is 0 Å². The second kappa shape index (κ2) is 4.00. The molecular formula is C11H10O3S. The summed E-state index contributed by atoms with van der Waals surface area (Å²) >= 11 is 1.29. The number of carboxylic acid groups (broad SMARTS) is 1. The number of ether oxygens (including phenoxy) is 1. The predicted molar refractivity (Wildman–Crippen MR) is 59.5 cm³/mol. The summed E-state index contributed by atoms with van der Waals surface area (Å²) in [4.78, 5) is 11.4. The molecule has 1 aromatic heterocycles. The monoisotopic (exact) mass is 222 g/mol. The zero-order chi connectivity index (χ0) is 10.8. The van der Waals surface area contributed by atoms with Crippen LogP contribution in [0.4, 0.5) is 0 Å². The first kappa shape index (κ1) is 10.1. The molecule has 0 saturated heterocycles. The van der Waals surface area contributed by atoms with E-state index in [2.05, 4.69) is 0 Å². The minimum Gasteiger partial charge on any atom is -0.477 e. The van der Waals surface area contributed by atoms with Gasteiger partial charge in [-0.05, 0) is 11.5 Å². The molecule has 0 bridgehead atoms. The third-order valence-electron chi connectivity index (χ3n) is 2.18. The van der Waals surface area contributed by atoms with E-state index in [1.54, 1.807) is 7.11 Å². The van der Waals surface area contributed by atoms with E-state index in [0.717, 1.165) is 15.6 Å². The smallest absolute Gasteiger partial charge is 0.346 e. The van der Waals surface area contributed by atoms with E-state index in [4.69, 9.17) is 9.84 Å². The standard InChI is InChI=1S/C11H10O3S/c1-14-6-8-7-4-2-3-5-9(7)15-10(8)11(12)13/h2-5H,6H2,1H3,(H,12,13). The van der Waals surface area contributed by atoms with Crippen molar-refractivity contribution in [1.29, 1.82) is 0 Å². The number of benzene rings is 1. The highest BCUT2D eigenvalue weighted by molar-refractivity contribution is 7.21. The molecular weight excluding hydrogens is 212 g/mol. The fourth-order valence-corrected chi connectivity index (χ4v) is 2.61. The van der Waals surface area contributed by atoms with Gasteiger partial charge in [0, 0.05) is 17.4 Å². The van der Waals surface area contributed by atoms with Crippen molar-refractivity contribution in [3.05, 3.63) is 34.7 Å². The van der Waals surface area contributed by atoms with Gasteiger partial charge in [0.25, 0.3) is 0 Å². The summed E-state index contributed by atoms with van der Waals surface area (Å²) in [5.41, 5.74) is 0.769. The highest BCUT2D eigenvalue weighted by atomic mass is 32.1. The Morgan fingerprint density at radius 2 is 2.20 bits per heavy atom. The molecule has 0 aliphatic heterocycles. The Morgan fingerprint density at radius 3 is 2.87 bits per heavy atom. The predicted octanol–water partition coefficient (Wildman–Crippen LogP) is 2.75. The molecule has 0 unspecified atom stereocenters. The van der Waals surface area contributed by atoms with Gasteiger partial charge in [-0.25, -0.2) is 4.79 Å². The summed E-state index contributed by atoms with van der Waals surface area (Å²) in [6.45, 7) is 0.339. The van der Waals surface area contributed by atoms with E-state index in [0.29, 0.717) is 11.5 Å². The average molecular weight is 222 g/mol. The van der Waals surface area contributed by atoms with Crippen molar-refractivity contribution >= 4 is 27.4 Å². The summed E-state index contributed by atoms with van der Waals surface area (Å²) in [6, 6.07) is 7.65. The van der Waals surface area contributed by atoms with Crippen LogP contribution in [0.15, 0.2) is 24.3 Å². The molecule has 1 aromatic carbocycles. The zero-order valence-corrected chi connectivity index (χ0v) is 9.00. The van der Waals surface area contributed by atoms with Crippen LogP contribution in [-0.4, -0.2) is 18.2 Å². The normalized spacial score (nSPS) is 10.7. The fraction of sp³-hybridized carbons (Fsp3) is 0.182. The maximum Gasteiger partial charge on any atom is 0.346 e. The quantitative estimate of drug-likeness (QED) is 0.868. The molecule has 0 saturated carbocycles. The Balaban J connectivity index is 2.68. The van der Waals surface area contributed by atoms with Crippen molar-refractivity contribution in [2.75, 3.05) is 7.11 Å². The molecule has 78 valence electrons. The fourth-order valence-electron chi connectivity index (χ4n) is 1.56. The van der Waals surface area contributed by atoms with E-state index < -0.39 is 5.97 Å². The summed E-state index contributed by atoms with van der Waals surface area (Å²) < 4.78 is 6.02. The molecule has 1 heterocycles. The van der Waals surface area contributed by atoms with E-state index in [-0.39, 0.29) is 0 Å². The number of thiophene rings is 1. The zero-order valence-electron chi connectivity index (χ0n) is 8.19. The van der Waals surface area contributed by atoms with Gasteiger partial charge in [0.15, 0.2) is 0 Å². The third-order valence-corrected chi connectivity index (χ3v) is 3.38. The van der Waals surface area contributed by atoms with Gasteiger partial charge < -0.3 is 9.84 Å². The Labute approximate surface area is 90.9 Å².